The highest BCUT2D eigenvalue weighted by atomic mass is 16.4. The van der Waals surface area contributed by atoms with Gasteiger partial charge in [-0.2, -0.15) is 0 Å². The average Bonchev–Trinajstić information content (AvgIpc) is 2.47. The SMILES string of the molecule is CC1CCC(N(C)C(=O)CN2CCC(C(=O)O)CC2)CC1. The van der Waals surface area contributed by atoms with Crippen LogP contribution >= 0.6 is 0 Å². The molecule has 2 rings (SSSR count). The van der Waals surface area contributed by atoms with Crippen LogP contribution in [0.4, 0.5) is 0 Å². The number of hydrogen-bond donors (Lipinski definition) is 1. The quantitative estimate of drug-likeness (QED) is 0.859. The molecule has 1 amide bonds. The van der Waals surface area contributed by atoms with Crippen molar-refractivity contribution in [3.05, 3.63) is 0 Å². The fourth-order valence-corrected chi connectivity index (χ4v) is 3.47. The normalized spacial score (nSPS) is 28.3. The van der Waals surface area contributed by atoms with E-state index in [1.54, 1.807) is 0 Å². The Bertz CT molecular complexity index is 370. The second kappa shape index (κ2) is 7.25. The minimum absolute atomic E-state index is 0.184. The second-order valence-electron chi connectivity index (χ2n) is 6.81. The summed E-state index contributed by atoms with van der Waals surface area (Å²) in [6.07, 6.45) is 5.98. The molecule has 0 aromatic carbocycles. The van der Waals surface area contributed by atoms with Crippen molar-refractivity contribution in [3.8, 4) is 0 Å². The number of piperidine rings is 1. The van der Waals surface area contributed by atoms with Crippen molar-refractivity contribution < 1.29 is 14.7 Å². The third kappa shape index (κ3) is 4.43. The van der Waals surface area contributed by atoms with E-state index in [9.17, 15) is 9.59 Å². The molecule has 2 fully saturated rings. The van der Waals surface area contributed by atoms with Crippen molar-refractivity contribution in [1.82, 2.24) is 9.80 Å². The molecule has 1 saturated heterocycles. The van der Waals surface area contributed by atoms with E-state index >= 15 is 0 Å². The Morgan fingerprint density at radius 3 is 2.19 bits per heavy atom. The second-order valence-corrected chi connectivity index (χ2v) is 6.81. The highest BCUT2D eigenvalue weighted by Gasteiger charge is 2.28. The molecule has 2 aliphatic rings. The number of rotatable bonds is 4. The van der Waals surface area contributed by atoms with Crippen LogP contribution < -0.4 is 0 Å². The van der Waals surface area contributed by atoms with Gasteiger partial charge in [-0.25, -0.2) is 0 Å². The first-order chi connectivity index (χ1) is 9.97. The van der Waals surface area contributed by atoms with Gasteiger partial charge < -0.3 is 10.0 Å². The molecule has 0 atom stereocenters. The lowest BCUT2D eigenvalue weighted by molar-refractivity contribution is -0.143. The summed E-state index contributed by atoms with van der Waals surface area (Å²) < 4.78 is 0. The van der Waals surface area contributed by atoms with Gasteiger partial charge in [-0.1, -0.05) is 6.92 Å². The number of amides is 1. The average molecular weight is 296 g/mol. The summed E-state index contributed by atoms with van der Waals surface area (Å²) in [5.74, 6) is 0.0476. The predicted molar refractivity (Wildman–Crippen MR) is 81.0 cm³/mol. The Labute approximate surface area is 127 Å². The number of aliphatic carboxylic acids is 1. The fraction of sp³-hybridized carbons (Fsp3) is 0.875. The first kappa shape index (κ1) is 16.3. The summed E-state index contributed by atoms with van der Waals surface area (Å²) in [5.41, 5.74) is 0. The van der Waals surface area contributed by atoms with Crippen LogP contribution in [0.25, 0.3) is 0 Å². The Morgan fingerprint density at radius 1 is 1.10 bits per heavy atom. The number of hydrogen-bond acceptors (Lipinski definition) is 3. The largest absolute Gasteiger partial charge is 0.481 e. The van der Waals surface area contributed by atoms with Gasteiger partial charge in [0.2, 0.25) is 5.91 Å². The van der Waals surface area contributed by atoms with Gasteiger partial charge in [0, 0.05) is 13.1 Å². The summed E-state index contributed by atoms with van der Waals surface area (Å²) >= 11 is 0. The van der Waals surface area contributed by atoms with E-state index in [0.717, 1.165) is 31.8 Å². The fourth-order valence-electron chi connectivity index (χ4n) is 3.47. The van der Waals surface area contributed by atoms with E-state index in [1.165, 1.54) is 12.8 Å². The number of carbonyl (C=O) groups is 2. The van der Waals surface area contributed by atoms with Crippen molar-refractivity contribution >= 4 is 11.9 Å². The van der Waals surface area contributed by atoms with E-state index < -0.39 is 5.97 Å². The molecular weight excluding hydrogens is 268 g/mol. The molecule has 0 unspecified atom stereocenters. The van der Waals surface area contributed by atoms with Gasteiger partial charge in [-0.05, 0) is 57.5 Å². The van der Waals surface area contributed by atoms with Crippen molar-refractivity contribution in [2.45, 2.75) is 51.5 Å². The van der Waals surface area contributed by atoms with E-state index in [4.69, 9.17) is 5.11 Å². The minimum atomic E-state index is -0.700. The summed E-state index contributed by atoms with van der Waals surface area (Å²) in [6, 6.07) is 0.394. The van der Waals surface area contributed by atoms with E-state index in [0.29, 0.717) is 25.4 Å². The Balaban J connectivity index is 1.75. The molecule has 120 valence electrons. The van der Waals surface area contributed by atoms with Crippen LogP contribution in [0.15, 0.2) is 0 Å². The maximum Gasteiger partial charge on any atom is 0.306 e. The molecule has 1 heterocycles. The molecule has 0 spiro atoms. The maximum absolute atomic E-state index is 12.4. The van der Waals surface area contributed by atoms with Crippen molar-refractivity contribution in [2.75, 3.05) is 26.7 Å². The Kier molecular flexibility index (Phi) is 5.62. The van der Waals surface area contributed by atoms with Crippen LogP contribution in [0.5, 0.6) is 0 Å². The third-order valence-electron chi connectivity index (χ3n) is 5.22. The monoisotopic (exact) mass is 296 g/mol. The lowest BCUT2D eigenvalue weighted by Crippen LogP contribution is -2.46. The molecular formula is C16H28N2O3. The standard InChI is InChI=1S/C16H28N2O3/c1-12-3-5-14(6-4-12)17(2)15(19)11-18-9-7-13(8-10-18)16(20)21/h12-14H,3-11H2,1-2H3,(H,20,21). The van der Waals surface area contributed by atoms with Crippen LogP contribution in [-0.4, -0.2) is 59.5 Å². The zero-order valence-electron chi connectivity index (χ0n) is 13.3. The van der Waals surface area contributed by atoms with Gasteiger partial charge in [0.1, 0.15) is 0 Å². The van der Waals surface area contributed by atoms with Crippen LogP contribution in [0.1, 0.15) is 45.4 Å². The van der Waals surface area contributed by atoms with E-state index in [-0.39, 0.29) is 11.8 Å². The number of likely N-dealkylation sites (tertiary alicyclic amines) is 1. The smallest absolute Gasteiger partial charge is 0.306 e. The zero-order chi connectivity index (χ0) is 15.4. The number of likely N-dealkylation sites (N-methyl/N-ethyl adjacent to an activating group) is 1. The molecule has 0 aromatic heterocycles. The van der Waals surface area contributed by atoms with Crippen LogP contribution in [-0.2, 0) is 9.59 Å². The van der Waals surface area contributed by atoms with Gasteiger partial charge in [-0.3, -0.25) is 14.5 Å². The number of nitrogens with zero attached hydrogens (tertiary/aromatic N) is 2. The number of carboxylic acid groups (broad SMARTS) is 1. The first-order valence-electron chi connectivity index (χ1n) is 8.18. The van der Waals surface area contributed by atoms with Crippen molar-refractivity contribution in [1.29, 1.82) is 0 Å². The number of carbonyl (C=O) groups excluding carboxylic acids is 1. The molecule has 5 nitrogen and oxygen atoms in total. The summed E-state index contributed by atoms with van der Waals surface area (Å²) in [7, 11) is 1.92. The minimum Gasteiger partial charge on any atom is -0.481 e. The summed E-state index contributed by atoms with van der Waals surface area (Å²) in [5, 5.41) is 8.99. The lowest BCUT2D eigenvalue weighted by atomic mass is 9.87. The lowest BCUT2D eigenvalue weighted by Gasteiger charge is -2.36. The number of carboxylic acids is 1. The van der Waals surface area contributed by atoms with Gasteiger partial charge in [0.05, 0.1) is 12.5 Å². The van der Waals surface area contributed by atoms with Crippen molar-refractivity contribution in [3.63, 3.8) is 0 Å². The van der Waals surface area contributed by atoms with Crippen LogP contribution in [0.3, 0.4) is 0 Å². The highest BCUT2D eigenvalue weighted by Crippen LogP contribution is 2.26. The van der Waals surface area contributed by atoms with Gasteiger partial charge in [0.15, 0.2) is 0 Å². The van der Waals surface area contributed by atoms with Gasteiger partial charge in [0.25, 0.3) is 0 Å². The molecule has 0 radical (unpaired) electrons. The molecule has 0 bridgehead atoms. The van der Waals surface area contributed by atoms with E-state index in [2.05, 4.69) is 11.8 Å². The molecule has 1 saturated carbocycles. The highest BCUT2D eigenvalue weighted by molar-refractivity contribution is 5.78. The maximum atomic E-state index is 12.4. The Hall–Kier alpha value is -1.10. The van der Waals surface area contributed by atoms with Crippen molar-refractivity contribution in [2.24, 2.45) is 11.8 Å². The van der Waals surface area contributed by atoms with Gasteiger partial charge >= 0.3 is 5.97 Å². The summed E-state index contributed by atoms with van der Waals surface area (Å²) in [4.78, 5) is 27.3. The van der Waals surface area contributed by atoms with E-state index in [1.807, 2.05) is 11.9 Å². The van der Waals surface area contributed by atoms with Gasteiger partial charge in [-0.15, -0.1) is 0 Å². The first-order valence-corrected chi connectivity index (χ1v) is 8.18. The molecule has 0 aromatic rings. The van der Waals surface area contributed by atoms with Crippen LogP contribution in [0, 0.1) is 11.8 Å². The molecule has 1 aliphatic heterocycles. The third-order valence-corrected chi connectivity index (χ3v) is 5.22. The molecule has 1 aliphatic carbocycles. The molecule has 1 N–H and O–H groups in total. The molecule has 21 heavy (non-hydrogen) atoms. The van der Waals surface area contributed by atoms with Crippen LogP contribution in [0.2, 0.25) is 0 Å². The topological polar surface area (TPSA) is 60.9 Å². The summed E-state index contributed by atoms with van der Waals surface area (Å²) in [6.45, 7) is 4.16. The zero-order valence-corrected chi connectivity index (χ0v) is 13.3. The predicted octanol–water partition coefficient (Wildman–Crippen LogP) is 1.82. The Morgan fingerprint density at radius 2 is 1.67 bits per heavy atom. The molecule has 5 heteroatoms.